The Morgan fingerprint density at radius 1 is 0.960 bits per heavy atom. The molecular weight excluding hydrogens is 656 g/mol. The van der Waals surface area contributed by atoms with E-state index in [0.717, 1.165) is 18.3 Å². The van der Waals surface area contributed by atoms with Gasteiger partial charge >= 0.3 is 5.97 Å². The van der Waals surface area contributed by atoms with E-state index in [-0.39, 0.29) is 43.2 Å². The van der Waals surface area contributed by atoms with Gasteiger partial charge in [-0.05, 0) is 81.6 Å². The van der Waals surface area contributed by atoms with E-state index >= 15 is 0 Å². The van der Waals surface area contributed by atoms with E-state index in [0.29, 0.717) is 44.9 Å². The molecule has 0 unspecified atom stereocenters. The van der Waals surface area contributed by atoms with Crippen molar-refractivity contribution in [1.82, 2.24) is 0 Å². The van der Waals surface area contributed by atoms with E-state index in [4.69, 9.17) is 28.4 Å². The highest BCUT2D eigenvalue weighted by Gasteiger charge is 2.71. The highest BCUT2D eigenvalue weighted by atomic mass is 16.7. The summed E-state index contributed by atoms with van der Waals surface area (Å²) in [5, 5.41) is 65.3. The first-order valence-corrected chi connectivity index (χ1v) is 18.3. The van der Waals surface area contributed by atoms with E-state index in [1.165, 1.54) is 7.11 Å². The topological polar surface area (TPSA) is 211 Å². The first-order valence-electron chi connectivity index (χ1n) is 18.3. The van der Waals surface area contributed by atoms with Gasteiger partial charge in [0.15, 0.2) is 12.6 Å². The van der Waals surface area contributed by atoms with Crippen LogP contribution in [0.3, 0.4) is 0 Å². The molecule has 0 aromatic carbocycles. The Bertz CT molecular complexity index is 1330. The highest BCUT2D eigenvalue weighted by molar-refractivity contribution is 5.85. The maximum Gasteiger partial charge on any atom is 0.331 e. The predicted molar refractivity (Wildman–Crippen MR) is 171 cm³/mol. The highest BCUT2D eigenvalue weighted by Crippen LogP contribution is 2.70. The molecule has 7 rings (SSSR count). The SMILES string of the molecule is CO[C@@H]1C[C@H](O[C@@H]2CC[C@]3(C=O)[C@@H]4CC[C@]5(C)[C@H](C6=CC(=O)OC6)CC[C@]5(O)[C@H]4CC[C@]3(O)C2)O[C@H](C)[C@H]1O[C@H]1O[C@@H](CO)[C@H](O)[C@@H](O)[C@@H]1O. The number of aliphatic hydroxyl groups is 6. The molecule has 282 valence electrons. The van der Waals surface area contributed by atoms with Crippen molar-refractivity contribution >= 4 is 12.3 Å². The molecule has 0 amide bonds. The monoisotopic (exact) mass is 710 g/mol. The van der Waals surface area contributed by atoms with E-state index in [1.54, 1.807) is 13.0 Å². The van der Waals surface area contributed by atoms with Gasteiger partial charge in [0.05, 0.1) is 41.5 Å². The third kappa shape index (κ3) is 5.55. The molecule has 2 saturated heterocycles. The van der Waals surface area contributed by atoms with E-state index in [2.05, 4.69) is 6.92 Å². The van der Waals surface area contributed by atoms with Crippen molar-refractivity contribution in [2.75, 3.05) is 20.3 Å². The molecule has 6 fully saturated rings. The molecule has 50 heavy (non-hydrogen) atoms. The molecule has 4 saturated carbocycles. The summed E-state index contributed by atoms with van der Waals surface area (Å²) in [6, 6.07) is 0. The van der Waals surface area contributed by atoms with E-state index in [1.807, 2.05) is 0 Å². The molecule has 6 N–H and O–H groups in total. The van der Waals surface area contributed by atoms with Crippen molar-refractivity contribution in [3.63, 3.8) is 0 Å². The summed E-state index contributed by atoms with van der Waals surface area (Å²) >= 11 is 0. The number of carbonyl (C=O) groups is 2. The van der Waals surface area contributed by atoms with Gasteiger partial charge in [-0.25, -0.2) is 4.79 Å². The third-order valence-electron chi connectivity index (χ3n) is 14.2. The molecule has 0 aromatic rings. The maximum atomic E-state index is 13.2. The Kier molecular flexibility index (Phi) is 9.84. The van der Waals surface area contributed by atoms with Crippen LogP contribution in [0.1, 0.15) is 78.1 Å². The quantitative estimate of drug-likeness (QED) is 0.113. The molecule has 14 nitrogen and oxygen atoms in total. The van der Waals surface area contributed by atoms with Gasteiger partial charge in [0.1, 0.15) is 43.4 Å². The Hall–Kier alpha value is -1.56. The fraction of sp³-hybridized carbons (Fsp3) is 0.889. The second-order valence-electron chi connectivity index (χ2n) is 16.3. The van der Waals surface area contributed by atoms with Crippen LogP contribution in [-0.2, 0) is 38.0 Å². The zero-order valence-electron chi connectivity index (χ0n) is 29.1. The number of hydrogen-bond acceptors (Lipinski definition) is 14. The van der Waals surface area contributed by atoms with Crippen molar-refractivity contribution in [3.05, 3.63) is 11.6 Å². The van der Waals surface area contributed by atoms with Crippen LogP contribution in [0.4, 0.5) is 0 Å². The van der Waals surface area contributed by atoms with Crippen molar-refractivity contribution in [2.24, 2.45) is 28.6 Å². The van der Waals surface area contributed by atoms with Crippen LogP contribution in [0.25, 0.3) is 0 Å². The summed E-state index contributed by atoms with van der Waals surface area (Å²) in [4.78, 5) is 25.1. The lowest BCUT2D eigenvalue weighted by Crippen LogP contribution is -2.69. The van der Waals surface area contributed by atoms with Crippen LogP contribution in [0.2, 0.25) is 0 Å². The largest absolute Gasteiger partial charge is 0.458 e. The summed E-state index contributed by atoms with van der Waals surface area (Å²) in [7, 11) is 1.51. The second-order valence-corrected chi connectivity index (χ2v) is 16.3. The summed E-state index contributed by atoms with van der Waals surface area (Å²) in [5.41, 5.74) is -2.86. The molecule has 0 bridgehead atoms. The van der Waals surface area contributed by atoms with Crippen LogP contribution >= 0.6 is 0 Å². The van der Waals surface area contributed by atoms with Crippen molar-refractivity contribution in [1.29, 1.82) is 0 Å². The average molecular weight is 711 g/mol. The summed E-state index contributed by atoms with van der Waals surface area (Å²) in [6.07, 6.45) is -2.52. The number of aliphatic hydroxyl groups excluding tert-OH is 4. The lowest BCUT2D eigenvalue weighted by atomic mass is 9.41. The lowest BCUT2D eigenvalue weighted by molar-refractivity contribution is -0.346. The van der Waals surface area contributed by atoms with Crippen LogP contribution in [0, 0.1) is 28.6 Å². The fourth-order valence-corrected chi connectivity index (χ4v) is 11.5. The zero-order chi connectivity index (χ0) is 35.8. The van der Waals surface area contributed by atoms with Gasteiger partial charge in [-0.3, -0.25) is 0 Å². The number of methoxy groups -OCH3 is 1. The number of cyclic esters (lactones) is 1. The number of rotatable bonds is 8. The van der Waals surface area contributed by atoms with E-state index in [9.17, 15) is 40.2 Å². The minimum absolute atomic E-state index is 0.0352. The molecule has 0 spiro atoms. The lowest BCUT2D eigenvalue weighted by Gasteiger charge is -2.65. The predicted octanol–water partition coefficient (Wildman–Crippen LogP) is 0.258. The normalized spacial score (nSPS) is 53.5. The number of esters is 1. The smallest absolute Gasteiger partial charge is 0.331 e. The number of carbonyl (C=O) groups excluding carboxylic acids is 2. The van der Waals surface area contributed by atoms with Crippen LogP contribution < -0.4 is 0 Å². The van der Waals surface area contributed by atoms with Crippen molar-refractivity contribution in [2.45, 2.75) is 151 Å². The minimum Gasteiger partial charge on any atom is -0.458 e. The number of fused-ring (bicyclic) bond motifs is 5. The Morgan fingerprint density at radius 2 is 1.72 bits per heavy atom. The Balaban J connectivity index is 1.01. The molecule has 0 radical (unpaired) electrons. The van der Waals surface area contributed by atoms with Gasteiger partial charge < -0.3 is 63.9 Å². The molecular formula is C36H54O14. The van der Waals surface area contributed by atoms with Crippen molar-refractivity contribution < 1.29 is 68.6 Å². The Labute approximate surface area is 292 Å². The van der Waals surface area contributed by atoms with Crippen LogP contribution in [-0.4, -0.2) is 136 Å². The molecule has 3 heterocycles. The number of ether oxygens (including phenoxy) is 6. The molecule has 14 heteroatoms. The van der Waals surface area contributed by atoms with Crippen molar-refractivity contribution in [3.8, 4) is 0 Å². The number of aldehydes is 1. The van der Waals surface area contributed by atoms with Gasteiger partial charge in [0.25, 0.3) is 0 Å². The minimum atomic E-state index is -1.58. The molecule has 7 aliphatic rings. The second kappa shape index (κ2) is 13.4. The van der Waals surface area contributed by atoms with Gasteiger partial charge in [0, 0.05) is 31.4 Å². The van der Waals surface area contributed by atoms with Gasteiger partial charge in [-0.1, -0.05) is 6.92 Å². The maximum absolute atomic E-state index is 13.2. The van der Waals surface area contributed by atoms with Crippen LogP contribution in [0.5, 0.6) is 0 Å². The summed E-state index contributed by atoms with van der Waals surface area (Å²) < 4.78 is 35.2. The van der Waals surface area contributed by atoms with Gasteiger partial charge in [0.2, 0.25) is 0 Å². The summed E-state index contributed by atoms with van der Waals surface area (Å²) in [6.45, 7) is 3.57. The molecule has 3 aliphatic heterocycles. The standard InChI is InChI=1S/C36H54O14/c1-18-31(50-32-30(42)29(41)28(40)25(15-37)49-32)24(45-3)13-27(47-18)48-20-4-9-34(17-38)22-5-8-33(2)21(19-12-26(39)46-16-19)7-11-36(33,44)23(22)6-10-35(34,43)14-20/h12,17-18,20-25,27-32,37,40-44H,4-11,13-16H2,1-3H3/t18-,20-,21+,22-,23+,24-,25+,27+,28+,29-,30+,31-,32-,33-,34+,35+,36+/m1/s1. The van der Waals surface area contributed by atoms with Gasteiger partial charge in [-0.2, -0.15) is 0 Å². The first kappa shape index (κ1) is 36.8. The Morgan fingerprint density at radius 3 is 2.40 bits per heavy atom. The average Bonchev–Trinajstić information content (AvgIpc) is 3.64. The first-order chi connectivity index (χ1) is 23.7. The molecule has 17 atom stereocenters. The van der Waals surface area contributed by atoms with E-state index < -0.39 is 90.1 Å². The molecule has 0 aromatic heterocycles. The van der Waals surface area contributed by atoms with Gasteiger partial charge in [-0.15, -0.1) is 0 Å². The zero-order valence-corrected chi connectivity index (χ0v) is 29.1. The fourth-order valence-electron chi connectivity index (χ4n) is 11.5. The van der Waals surface area contributed by atoms with Crippen LogP contribution in [0.15, 0.2) is 11.6 Å². The molecule has 4 aliphatic carbocycles. The summed E-state index contributed by atoms with van der Waals surface area (Å²) in [5.74, 6) is -0.635. The third-order valence-corrected chi connectivity index (χ3v) is 14.2. The number of hydrogen-bond donors (Lipinski definition) is 6.